The van der Waals surface area contributed by atoms with Crippen molar-refractivity contribution in [2.75, 3.05) is 24.5 Å². The first kappa shape index (κ1) is 13.8. The van der Waals surface area contributed by atoms with Crippen molar-refractivity contribution in [3.8, 4) is 0 Å². The maximum atomic E-state index is 12.6. The molecule has 2 aromatic rings. The number of carbonyl (C=O) groups excluding carboxylic acids is 1. The minimum absolute atomic E-state index is 0.126. The van der Waals surface area contributed by atoms with E-state index >= 15 is 0 Å². The molecular weight excluding hydrogens is 260 g/mol. The van der Waals surface area contributed by atoms with Crippen molar-refractivity contribution < 1.29 is 4.79 Å². The molecule has 1 amide bonds. The van der Waals surface area contributed by atoms with Crippen LogP contribution in [0.4, 0.5) is 5.69 Å². The molecule has 0 bridgehead atoms. The van der Waals surface area contributed by atoms with E-state index < -0.39 is 0 Å². The molecule has 0 radical (unpaired) electrons. The number of rotatable bonds is 5. The van der Waals surface area contributed by atoms with E-state index in [9.17, 15) is 4.79 Å². The number of anilines is 1. The third-order valence-electron chi connectivity index (χ3n) is 3.93. The summed E-state index contributed by atoms with van der Waals surface area (Å²) in [7, 11) is 0. The quantitative estimate of drug-likeness (QED) is 0.912. The lowest BCUT2D eigenvalue weighted by molar-refractivity contribution is -0.123. The van der Waals surface area contributed by atoms with Gasteiger partial charge >= 0.3 is 0 Å². The monoisotopic (exact) mass is 280 g/mol. The van der Waals surface area contributed by atoms with Gasteiger partial charge in [-0.05, 0) is 24.1 Å². The Balaban J connectivity index is 1.74. The number of hydrogen-bond donors (Lipinski definition) is 1. The summed E-state index contributed by atoms with van der Waals surface area (Å²) < 4.78 is 0. The molecule has 1 aliphatic rings. The summed E-state index contributed by atoms with van der Waals surface area (Å²) in [4.78, 5) is 14.6. The molecule has 3 rings (SSSR count). The highest BCUT2D eigenvalue weighted by molar-refractivity contribution is 5.95. The molecule has 1 N–H and O–H groups in total. The minimum Gasteiger partial charge on any atom is -0.315 e. The van der Waals surface area contributed by atoms with E-state index in [4.69, 9.17) is 0 Å². The first-order valence-electron chi connectivity index (χ1n) is 7.45. The molecule has 108 valence electrons. The molecule has 21 heavy (non-hydrogen) atoms. The van der Waals surface area contributed by atoms with Crippen LogP contribution >= 0.6 is 0 Å². The number of carbonyl (C=O) groups is 1. The lowest BCUT2D eigenvalue weighted by Crippen LogP contribution is -2.52. The zero-order valence-electron chi connectivity index (χ0n) is 12.0. The molecule has 1 saturated heterocycles. The second kappa shape index (κ2) is 6.55. The summed E-state index contributed by atoms with van der Waals surface area (Å²) in [5, 5.41) is 3.17. The fraction of sp³-hybridized carbons (Fsp3) is 0.278. The molecule has 0 spiro atoms. The summed E-state index contributed by atoms with van der Waals surface area (Å²) in [5.74, 6) is 0.358. The van der Waals surface area contributed by atoms with Gasteiger partial charge in [0, 0.05) is 25.3 Å². The first-order valence-corrected chi connectivity index (χ1v) is 7.45. The van der Waals surface area contributed by atoms with E-state index in [-0.39, 0.29) is 11.8 Å². The first-order chi connectivity index (χ1) is 10.3. The Bertz CT molecular complexity index is 579. The van der Waals surface area contributed by atoms with Gasteiger partial charge in [0.2, 0.25) is 5.91 Å². The molecule has 1 heterocycles. The topological polar surface area (TPSA) is 32.3 Å². The molecular formula is C18H20N2O. The van der Waals surface area contributed by atoms with Gasteiger partial charge in [0.25, 0.3) is 0 Å². The van der Waals surface area contributed by atoms with E-state index in [0.717, 1.165) is 31.7 Å². The van der Waals surface area contributed by atoms with Crippen molar-refractivity contribution in [3.63, 3.8) is 0 Å². The Morgan fingerprint density at radius 2 is 1.62 bits per heavy atom. The van der Waals surface area contributed by atoms with Crippen molar-refractivity contribution in [2.45, 2.75) is 6.42 Å². The third kappa shape index (κ3) is 3.31. The summed E-state index contributed by atoms with van der Waals surface area (Å²) in [6.07, 6.45) is 0.877. The van der Waals surface area contributed by atoms with Gasteiger partial charge < -0.3 is 10.2 Å². The van der Waals surface area contributed by atoms with Gasteiger partial charge in [-0.15, -0.1) is 0 Å². The average Bonchev–Trinajstić information content (AvgIpc) is 2.48. The van der Waals surface area contributed by atoms with Crippen molar-refractivity contribution in [1.82, 2.24) is 5.32 Å². The van der Waals surface area contributed by atoms with E-state index in [1.54, 1.807) is 0 Å². The highest BCUT2D eigenvalue weighted by Gasteiger charge is 2.29. The van der Waals surface area contributed by atoms with Crippen LogP contribution < -0.4 is 10.2 Å². The van der Waals surface area contributed by atoms with Crippen LogP contribution in [0.15, 0.2) is 60.7 Å². The molecule has 0 aromatic heterocycles. The van der Waals surface area contributed by atoms with Crippen LogP contribution in [-0.4, -0.2) is 25.5 Å². The summed E-state index contributed by atoms with van der Waals surface area (Å²) in [5.41, 5.74) is 2.25. The van der Waals surface area contributed by atoms with Crippen LogP contribution in [0, 0.1) is 5.92 Å². The SMILES string of the molecule is O=C(C1CNC1)N(CCc1ccccc1)c1ccccc1. The lowest BCUT2D eigenvalue weighted by atomic mass is 10.0. The van der Waals surface area contributed by atoms with E-state index in [2.05, 4.69) is 17.4 Å². The predicted octanol–water partition coefficient (Wildman–Crippen LogP) is 2.48. The van der Waals surface area contributed by atoms with Gasteiger partial charge in [-0.2, -0.15) is 0 Å². The molecule has 2 aromatic carbocycles. The zero-order valence-corrected chi connectivity index (χ0v) is 12.0. The van der Waals surface area contributed by atoms with Gasteiger partial charge in [-0.25, -0.2) is 0 Å². The second-order valence-electron chi connectivity index (χ2n) is 5.42. The molecule has 3 heteroatoms. The van der Waals surface area contributed by atoms with Crippen molar-refractivity contribution in [3.05, 3.63) is 66.2 Å². The van der Waals surface area contributed by atoms with Crippen molar-refractivity contribution in [1.29, 1.82) is 0 Å². The Hall–Kier alpha value is -2.13. The second-order valence-corrected chi connectivity index (χ2v) is 5.42. The highest BCUT2D eigenvalue weighted by atomic mass is 16.2. The molecule has 0 aliphatic carbocycles. The smallest absolute Gasteiger partial charge is 0.232 e. The van der Waals surface area contributed by atoms with Crippen LogP contribution in [0.3, 0.4) is 0 Å². The summed E-state index contributed by atoms with van der Waals surface area (Å²) >= 11 is 0. The van der Waals surface area contributed by atoms with E-state index in [0.29, 0.717) is 0 Å². The normalized spacial score (nSPS) is 14.5. The molecule has 3 nitrogen and oxygen atoms in total. The Kier molecular flexibility index (Phi) is 4.31. The van der Waals surface area contributed by atoms with Crippen LogP contribution in [0.25, 0.3) is 0 Å². The third-order valence-corrected chi connectivity index (χ3v) is 3.93. The van der Waals surface area contributed by atoms with Crippen LogP contribution in [-0.2, 0) is 11.2 Å². The Morgan fingerprint density at radius 1 is 1.00 bits per heavy atom. The summed E-state index contributed by atoms with van der Waals surface area (Å²) in [6.45, 7) is 2.32. The Labute approximate surface area is 125 Å². The van der Waals surface area contributed by atoms with E-state index in [1.807, 2.05) is 53.4 Å². The zero-order chi connectivity index (χ0) is 14.5. The molecule has 0 atom stereocenters. The van der Waals surface area contributed by atoms with E-state index in [1.165, 1.54) is 5.56 Å². The molecule has 1 aliphatic heterocycles. The number of benzene rings is 2. The lowest BCUT2D eigenvalue weighted by Gasteiger charge is -2.32. The van der Waals surface area contributed by atoms with Crippen LogP contribution in [0.5, 0.6) is 0 Å². The number of nitrogens with one attached hydrogen (secondary N) is 1. The van der Waals surface area contributed by atoms with Gasteiger partial charge in [-0.3, -0.25) is 4.79 Å². The molecule has 1 fully saturated rings. The maximum absolute atomic E-state index is 12.6. The van der Waals surface area contributed by atoms with Crippen LogP contribution in [0.2, 0.25) is 0 Å². The average molecular weight is 280 g/mol. The molecule has 0 unspecified atom stereocenters. The predicted molar refractivity (Wildman–Crippen MR) is 85.3 cm³/mol. The summed E-state index contributed by atoms with van der Waals surface area (Å²) in [6, 6.07) is 20.3. The van der Waals surface area contributed by atoms with Gasteiger partial charge in [0.05, 0.1) is 5.92 Å². The fourth-order valence-electron chi connectivity index (χ4n) is 2.54. The van der Waals surface area contributed by atoms with Gasteiger partial charge in [0.15, 0.2) is 0 Å². The van der Waals surface area contributed by atoms with Crippen molar-refractivity contribution >= 4 is 11.6 Å². The van der Waals surface area contributed by atoms with Crippen LogP contribution in [0.1, 0.15) is 5.56 Å². The van der Waals surface area contributed by atoms with Gasteiger partial charge in [-0.1, -0.05) is 48.5 Å². The standard InChI is InChI=1S/C18H20N2O/c21-18(16-13-19-14-16)20(17-9-5-2-6-10-17)12-11-15-7-3-1-4-8-15/h1-10,16,19H,11-14H2. The maximum Gasteiger partial charge on any atom is 0.232 e. The van der Waals surface area contributed by atoms with Gasteiger partial charge in [0.1, 0.15) is 0 Å². The molecule has 0 saturated carbocycles. The highest BCUT2D eigenvalue weighted by Crippen LogP contribution is 2.19. The number of para-hydroxylation sites is 1. The number of amides is 1. The number of nitrogens with zero attached hydrogens (tertiary/aromatic N) is 1. The minimum atomic E-state index is 0.126. The van der Waals surface area contributed by atoms with Crippen molar-refractivity contribution in [2.24, 2.45) is 5.92 Å². The fourth-order valence-corrected chi connectivity index (χ4v) is 2.54. The Morgan fingerprint density at radius 3 is 2.19 bits per heavy atom. The number of hydrogen-bond acceptors (Lipinski definition) is 2. The largest absolute Gasteiger partial charge is 0.315 e.